The van der Waals surface area contributed by atoms with Crippen LogP contribution in [-0.2, 0) is 0 Å². The van der Waals surface area contributed by atoms with Crippen molar-refractivity contribution in [2.24, 2.45) is 5.73 Å². The molecular formula is C39H35N3O. The van der Waals surface area contributed by atoms with Crippen LogP contribution in [0.5, 0.6) is 0 Å². The number of benzene rings is 6. The first-order valence-electron chi connectivity index (χ1n) is 14.8. The lowest BCUT2D eigenvalue weighted by Gasteiger charge is -2.23. The summed E-state index contributed by atoms with van der Waals surface area (Å²) in [4.78, 5) is 0. The van der Waals surface area contributed by atoms with Crippen molar-refractivity contribution in [3.8, 4) is 11.1 Å². The van der Waals surface area contributed by atoms with E-state index in [4.69, 9.17) is 5.73 Å². The van der Waals surface area contributed by atoms with Gasteiger partial charge in [-0.25, -0.2) is 0 Å². The maximum atomic E-state index is 10.1. The Morgan fingerprint density at radius 2 is 1.35 bits per heavy atom. The fraction of sp³-hybridized carbons (Fsp3) is 0.128. The molecule has 2 unspecified atom stereocenters. The molecule has 43 heavy (non-hydrogen) atoms. The Bertz CT molecular complexity index is 2000. The molecule has 6 aromatic carbocycles. The Kier molecular flexibility index (Phi) is 6.94. The highest BCUT2D eigenvalue weighted by Crippen LogP contribution is 2.38. The van der Waals surface area contributed by atoms with E-state index in [0.717, 1.165) is 39.6 Å². The van der Waals surface area contributed by atoms with Crippen molar-refractivity contribution in [1.29, 1.82) is 0 Å². The van der Waals surface area contributed by atoms with E-state index in [1.165, 1.54) is 43.4 Å². The van der Waals surface area contributed by atoms with Crippen LogP contribution in [0.2, 0.25) is 0 Å². The van der Waals surface area contributed by atoms with Crippen LogP contribution < -0.4 is 16.1 Å². The van der Waals surface area contributed by atoms with Gasteiger partial charge >= 0.3 is 0 Å². The average Bonchev–Trinajstić information content (AvgIpc) is 3.07. The van der Waals surface area contributed by atoms with E-state index in [0.29, 0.717) is 0 Å². The lowest BCUT2D eigenvalue weighted by molar-refractivity contribution is 0.280. The van der Waals surface area contributed by atoms with Crippen molar-refractivity contribution in [3.63, 3.8) is 0 Å². The number of rotatable bonds is 6. The number of nitrogens with zero attached hydrogens (tertiary/aromatic N) is 1. The Balaban J connectivity index is 1.14. The van der Waals surface area contributed by atoms with Crippen LogP contribution in [0.3, 0.4) is 0 Å². The third-order valence-electron chi connectivity index (χ3n) is 8.90. The van der Waals surface area contributed by atoms with Gasteiger partial charge in [0.15, 0.2) is 0 Å². The summed E-state index contributed by atoms with van der Waals surface area (Å²) >= 11 is 0. The molecule has 0 amide bonds. The number of allylic oxidation sites excluding steroid dienone is 2. The highest BCUT2D eigenvalue weighted by atomic mass is 16.5. The normalized spacial score (nSPS) is 15.5. The van der Waals surface area contributed by atoms with Crippen LogP contribution in [0.15, 0.2) is 133 Å². The second-order valence-corrected chi connectivity index (χ2v) is 11.4. The maximum absolute atomic E-state index is 10.1. The number of anilines is 2. The van der Waals surface area contributed by atoms with E-state index in [-0.39, 0.29) is 12.0 Å². The summed E-state index contributed by atoms with van der Waals surface area (Å²) in [6, 6.07) is 38.9. The minimum absolute atomic E-state index is 0.191. The predicted octanol–water partition coefficient (Wildman–Crippen LogP) is 9.35. The van der Waals surface area contributed by atoms with Gasteiger partial charge in [0.25, 0.3) is 0 Å². The third kappa shape index (κ3) is 4.85. The molecule has 1 aliphatic rings. The average molecular weight is 562 g/mol. The van der Waals surface area contributed by atoms with E-state index in [9.17, 15) is 5.21 Å². The molecular weight excluding hydrogens is 526 g/mol. The molecule has 0 spiro atoms. The van der Waals surface area contributed by atoms with Gasteiger partial charge in [-0.15, -0.1) is 0 Å². The highest BCUT2D eigenvalue weighted by molar-refractivity contribution is 6.25. The van der Waals surface area contributed by atoms with Crippen LogP contribution in [0.4, 0.5) is 11.4 Å². The van der Waals surface area contributed by atoms with Gasteiger partial charge in [-0.3, -0.25) is 10.3 Å². The van der Waals surface area contributed by atoms with Crippen molar-refractivity contribution in [3.05, 3.63) is 144 Å². The lowest BCUT2D eigenvalue weighted by atomic mass is 9.86. The second kappa shape index (κ2) is 11.1. The van der Waals surface area contributed by atoms with Crippen molar-refractivity contribution < 1.29 is 5.21 Å². The minimum atomic E-state index is -0.191. The van der Waals surface area contributed by atoms with Gasteiger partial charge in [0.05, 0.1) is 17.4 Å². The Hall–Kier alpha value is -4.90. The van der Waals surface area contributed by atoms with Gasteiger partial charge in [-0.1, -0.05) is 109 Å². The Morgan fingerprint density at radius 3 is 1.93 bits per heavy atom. The predicted molar refractivity (Wildman–Crippen MR) is 182 cm³/mol. The molecule has 7 rings (SSSR count). The summed E-state index contributed by atoms with van der Waals surface area (Å²) in [6.45, 7) is 0. The first kappa shape index (κ1) is 27.0. The topological polar surface area (TPSA) is 61.5 Å². The van der Waals surface area contributed by atoms with Crippen LogP contribution in [0, 0.1) is 0 Å². The van der Waals surface area contributed by atoms with Gasteiger partial charge in [0.1, 0.15) is 0 Å². The number of nitrogens with two attached hydrogens (primary N) is 1. The summed E-state index contributed by atoms with van der Waals surface area (Å²) in [5.74, 6) is 0.240. The van der Waals surface area contributed by atoms with Crippen LogP contribution in [0.25, 0.3) is 43.4 Å². The van der Waals surface area contributed by atoms with E-state index in [1.54, 1.807) is 7.05 Å². The molecule has 0 saturated heterocycles. The maximum Gasteiger partial charge on any atom is 0.0864 e. The molecule has 0 aliphatic heterocycles. The Morgan fingerprint density at radius 1 is 0.744 bits per heavy atom. The van der Waals surface area contributed by atoms with Crippen LogP contribution in [0.1, 0.15) is 29.5 Å². The summed E-state index contributed by atoms with van der Waals surface area (Å²) < 4.78 is 0. The molecule has 212 valence electrons. The minimum Gasteiger partial charge on any atom is -0.386 e. The zero-order valence-electron chi connectivity index (χ0n) is 24.5. The molecule has 0 fully saturated rings. The molecule has 4 N–H and O–H groups in total. The molecule has 0 bridgehead atoms. The monoisotopic (exact) mass is 561 g/mol. The summed E-state index contributed by atoms with van der Waals surface area (Å²) in [7, 11) is 3.50. The summed E-state index contributed by atoms with van der Waals surface area (Å²) in [5.41, 5.74) is 14.2. The van der Waals surface area contributed by atoms with Gasteiger partial charge in [0.2, 0.25) is 0 Å². The van der Waals surface area contributed by atoms with E-state index < -0.39 is 0 Å². The van der Waals surface area contributed by atoms with Crippen molar-refractivity contribution >= 4 is 43.7 Å². The van der Waals surface area contributed by atoms with Crippen molar-refractivity contribution in [1.82, 2.24) is 0 Å². The molecule has 0 heterocycles. The highest BCUT2D eigenvalue weighted by Gasteiger charge is 2.18. The smallest absolute Gasteiger partial charge is 0.0864 e. The number of hydrogen-bond donors (Lipinski definition) is 3. The summed E-state index contributed by atoms with van der Waals surface area (Å²) in [6.07, 6.45) is 7.49. The number of fused-ring (bicyclic) bond motifs is 6. The zero-order chi connectivity index (χ0) is 29.5. The first-order chi connectivity index (χ1) is 21.0. The Labute approximate surface area is 252 Å². The molecule has 0 saturated carbocycles. The van der Waals surface area contributed by atoms with E-state index in [1.807, 2.05) is 19.2 Å². The largest absolute Gasteiger partial charge is 0.386 e. The van der Waals surface area contributed by atoms with Gasteiger partial charge in [0, 0.05) is 20.0 Å². The first-order valence-corrected chi connectivity index (χ1v) is 14.8. The van der Waals surface area contributed by atoms with Gasteiger partial charge in [-0.05, 0) is 84.8 Å². The lowest BCUT2D eigenvalue weighted by Crippen LogP contribution is -2.15. The number of nitrogens with one attached hydrogen (secondary N) is 1. The van der Waals surface area contributed by atoms with E-state index in [2.05, 4.69) is 121 Å². The van der Waals surface area contributed by atoms with Crippen molar-refractivity contribution in [2.75, 3.05) is 24.5 Å². The van der Waals surface area contributed by atoms with Gasteiger partial charge in [-0.2, -0.15) is 0 Å². The quantitative estimate of drug-likeness (QED) is 0.140. The number of hydrogen-bond acceptors (Lipinski definition) is 4. The second-order valence-electron chi connectivity index (χ2n) is 11.4. The fourth-order valence-corrected chi connectivity index (χ4v) is 6.54. The van der Waals surface area contributed by atoms with E-state index >= 15 is 0 Å². The van der Waals surface area contributed by atoms with Gasteiger partial charge < -0.3 is 11.1 Å². The third-order valence-corrected chi connectivity index (χ3v) is 8.90. The molecule has 6 aromatic rings. The van der Waals surface area contributed by atoms with Crippen LogP contribution in [-0.4, -0.2) is 19.3 Å². The summed E-state index contributed by atoms with van der Waals surface area (Å²) in [5, 5.41) is 22.1. The SMILES string of the molecule is CNc1ccc(C2C=CC(C(N)c3ccc(-c4ccc5c6ccccc6c6ccccc6c5c4)cc3)=CC2)cc1N(C)O. The molecule has 0 radical (unpaired) electrons. The zero-order valence-corrected chi connectivity index (χ0v) is 24.5. The molecule has 0 aromatic heterocycles. The fourth-order valence-electron chi connectivity index (χ4n) is 6.54. The number of hydroxylamine groups is 1. The molecule has 1 aliphatic carbocycles. The molecule has 4 heteroatoms. The molecule has 4 nitrogen and oxygen atoms in total. The molecule has 2 atom stereocenters. The standard InChI is InChI=1S/C39H35N3O/c1-41-37-22-20-30(24-38(37)42(2)43)26-13-17-28(18-14-26)39(40)27-15-11-25(12-16-27)29-19-21-35-33-9-4-3-7-31(33)32-8-5-6-10-34(32)36(35)23-29/h3-13,15-24,26,39,41,43H,14,40H2,1-2H3. The van der Waals surface area contributed by atoms with Crippen LogP contribution >= 0.6 is 0 Å². The van der Waals surface area contributed by atoms with Crippen molar-refractivity contribution in [2.45, 2.75) is 18.4 Å².